The molecule has 3 saturated carbocycles. The summed E-state index contributed by atoms with van der Waals surface area (Å²) in [7, 11) is 0. The maximum absolute atomic E-state index is 11.8. The molecule has 5 unspecified atom stereocenters. The minimum atomic E-state index is -0.179. The molecule has 3 rings (SSSR count). The molecular formula is C18H28O2. The van der Waals surface area contributed by atoms with Gasteiger partial charge in [0.1, 0.15) is 6.10 Å². The molecule has 5 atom stereocenters. The van der Waals surface area contributed by atoms with Gasteiger partial charge in [0.2, 0.25) is 0 Å². The Kier molecular flexibility index (Phi) is 4.18. The van der Waals surface area contributed by atoms with Gasteiger partial charge in [0.05, 0.1) is 0 Å². The summed E-state index contributed by atoms with van der Waals surface area (Å²) in [5.41, 5.74) is 0.540. The van der Waals surface area contributed by atoms with Gasteiger partial charge in [-0.2, -0.15) is 0 Å². The van der Waals surface area contributed by atoms with Crippen molar-refractivity contribution in [3.05, 3.63) is 12.2 Å². The summed E-state index contributed by atoms with van der Waals surface area (Å²) in [5, 5.41) is 0. The second kappa shape index (κ2) is 5.91. The molecule has 3 aliphatic rings. The van der Waals surface area contributed by atoms with Crippen LogP contribution >= 0.6 is 0 Å². The highest BCUT2D eigenvalue weighted by molar-refractivity contribution is 5.87. The lowest BCUT2D eigenvalue weighted by molar-refractivity contribution is -0.153. The lowest BCUT2D eigenvalue weighted by Gasteiger charge is -2.48. The number of carbonyl (C=O) groups is 1. The average molecular weight is 276 g/mol. The van der Waals surface area contributed by atoms with Crippen molar-refractivity contribution in [2.45, 2.75) is 70.8 Å². The van der Waals surface area contributed by atoms with Crippen LogP contribution in [0.4, 0.5) is 0 Å². The van der Waals surface area contributed by atoms with Crippen LogP contribution in [0.25, 0.3) is 0 Å². The van der Waals surface area contributed by atoms with E-state index in [0.29, 0.717) is 11.5 Å². The Labute approximate surface area is 123 Å². The number of ether oxygens (including phenoxy) is 1. The lowest BCUT2D eigenvalue weighted by Crippen LogP contribution is -2.43. The van der Waals surface area contributed by atoms with Gasteiger partial charge >= 0.3 is 5.97 Å². The molecule has 2 heteroatoms. The number of esters is 1. The number of carbonyl (C=O) groups excluding carboxylic acids is 1. The van der Waals surface area contributed by atoms with E-state index >= 15 is 0 Å². The summed E-state index contributed by atoms with van der Waals surface area (Å²) in [6, 6.07) is 0. The second-order valence-corrected chi connectivity index (χ2v) is 7.35. The monoisotopic (exact) mass is 276 g/mol. The summed E-state index contributed by atoms with van der Waals surface area (Å²) in [5.74, 6) is 3.15. The third-order valence-corrected chi connectivity index (χ3v) is 6.00. The van der Waals surface area contributed by atoms with E-state index in [1.165, 1.54) is 51.4 Å². The highest BCUT2D eigenvalue weighted by Crippen LogP contribution is 2.50. The minimum absolute atomic E-state index is 0.167. The first kappa shape index (κ1) is 14.2. The maximum Gasteiger partial charge on any atom is 0.333 e. The van der Waals surface area contributed by atoms with E-state index in [9.17, 15) is 4.79 Å². The van der Waals surface area contributed by atoms with Crippen molar-refractivity contribution in [2.75, 3.05) is 0 Å². The molecule has 0 amide bonds. The third-order valence-electron chi connectivity index (χ3n) is 6.00. The van der Waals surface area contributed by atoms with E-state index in [1.807, 2.05) is 0 Å². The van der Waals surface area contributed by atoms with E-state index in [4.69, 9.17) is 4.74 Å². The van der Waals surface area contributed by atoms with Crippen molar-refractivity contribution in [3.8, 4) is 0 Å². The maximum atomic E-state index is 11.8. The first-order valence-electron chi connectivity index (χ1n) is 8.51. The van der Waals surface area contributed by atoms with E-state index in [2.05, 4.69) is 6.58 Å². The van der Waals surface area contributed by atoms with Crippen molar-refractivity contribution in [2.24, 2.45) is 23.7 Å². The zero-order chi connectivity index (χ0) is 14.1. The van der Waals surface area contributed by atoms with Gasteiger partial charge in [0.15, 0.2) is 0 Å². The molecule has 0 spiro atoms. The molecule has 0 radical (unpaired) electrons. The molecule has 0 heterocycles. The lowest BCUT2D eigenvalue weighted by atomic mass is 9.59. The Bertz CT molecular complexity index is 387. The Morgan fingerprint density at radius 1 is 0.950 bits per heavy atom. The Hall–Kier alpha value is -0.790. The van der Waals surface area contributed by atoms with Crippen LogP contribution in [0.15, 0.2) is 12.2 Å². The zero-order valence-electron chi connectivity index (χ0n) is 12.8. The summed E-state index contributed by atoms with van der Waals surface area (Å²) in [4.78, 5) is 11.8. The van der Waals surface area contributed by atoms with Crippen LogP contribution in [-0.2, 0) is 9.53 Å². The molecule has 0 aromatic heterocycles. The third kappa shape index (κ3) is 2.80. The van der Waals surface area contributed by atoms with Gasteiger partial charge in [-0.15, -0.1) is 0 Å². The molecule has 0 N–H and O–H groups in total. The van der Waals surface area contributed by atoms with E-state index in [0.717, 1.165) is 24.2 Å². The first-order chi connectivity index (χ1) is 9.65. The number of hydrogen-bond donors (Lipinski definition) is 0. The number of rotatable bonds is 2. The van der Waals surface area contributed by atoms with Crippen LogP contribution in [-0.4, -0.2) is 12.1 Å². The van der Waals surface area contributed by atoms with E-state index in [1.54, 1.807) is 6.92 Å². The van der Waals surface area contributed by atoms with Gasteiger partial charge in [-0.3, -0.25) is 0 Å². The molecule has 0 saturated heterocycles. The van der Waals surface area contributed by atoms with Crippen LogP contribution in [0.3, 0.4) is 0 Å². The average Bonchev–Trinajstić information content (AvgIpc) is 2.45. The molecular weight excluding hydrogens is 248 g/mol. The standard InChI is InChI=1S/C18H28O2/c1-12(2)18(19)20-17-9-5-8-15-10-13-6-3-4-7-14(13)11-16(15)17/h13-17H,1,3-11H2,2H3. The smallest absolute Gasteiger partial charge is 0.333 e. The molecule has 2 nitrogen and oxygen atoms in total. The van der Waals surface area contributed by atoms with E-state index in [-0.39, 0.29) is 12.1 Å². The quantitative estimate of drug-likeness (QED) is 0.548. The molecule has 20 heavy (non-hydrogen) atoms. The van der Waals surface area contributed by atoms with Crippen LogP contribution < -0.4 is 0 Å². The Morgan fingerprint density at radius 3 is 2.30 bits per heavy atom. The van der Waals surface area contributed by atoms with Gasteiger partial charge in [-0.25, -0.2) is 4.79 Å². The zero-order valence-corrected chi connectivity index (χ0v) is 12.8. The summed E-state index contributed by atoms with van der Waals surface area (Å²) >= 11 is 0. The number of hydrogen-bond acceptors (Lipinski definition) is 2. The molecule has 3 aliphatic carbocycles. The van der Waals surface area contributed by atoms with Gasteiger partial charge in [0.25, 0.3) is 0 Å². The van der Waals surface area contributed by atoms with Gasteiger partial charge in [-0.05, 0) is 62.7 Å². The predicted molar refractivity (Wildman–Crippen MR) is 80.2 cm³/mol. The molecule has 0 aliphatic heterocycles. The molecule has 0 bridgehead atoms. The highest BCUT2D eigenvalue weighted by Gasteiger charge is 2.44. The summed E-state index contributed by atoms with van der Waals surface area (Å²) in [6.07, 6.45) is 12.2. The minimum Gasteiger partial charge on any atom is -0.459 e. The Balaban J connectivity index is 1.67. The fraction of sp³-hybridized carbons (Fsp3) is 0.833. The topological polar surface area (TPSA) is 26.3 Å². The summed E-state index contributed by atoms with van der Waals surface area (Å²) in [6.45, 7) is 5.47. The molecule has 112 valence electrons. The molecule has 0 aromatic carbocycles. The van der Waals surface area contributed by atoms with E-state index < -0.39 is 0 Å². The molecule has 3 fully saturated rings. The molecule has 0 aromatic rings. The summed E-state index contributed by atoms with van der Waals surface area (Å²) < 4.78 is 5.76. The van der Waals surface area contributed by atoms with Gasteiger partial charge in [0, 0.05) is 5.57 Å². The van der Waals surface area contributed by atoms with Crippen molar-refractivity contribution in [3.63, 3.8) is 0 Å². The first-order valence-corrected chi connectivity index (χ1v) is 8.51. The predicted octanol–water partition coefficient (Wildman–Crippen LogP) is 4.49. The fourth-order valence-electron chi connectivity index (χ4n) is 4.98. The second-order valence-electron chi connectivity index (χ2n) is 7.35. The van der Waals surface area contributed by atoms with Gasteiger partial charge in [-0.1, -0.05) is 32.3 Å². The van der Waals surface area contributed by atoms with Crippen LogP contribution in [0.2, 0.25) is 0 Å². The van der Waals surface area contributed by atoms with Gasteiger partial charge < -0.3 is 4.74 Å². The van der Waals surface area contributed by atoms with Crippen molar-refractivity contribution in [1.29, 1.82) is 0 Å². The van der Waals surface area contributed by atoms with Crippen molar-refractivity contribution >= 4 is 5.97 Å². The largest absolute Gasteiger partial charge is 0.459 e. The van der Waals surface area contributed by atoms with Crippen LogP contribution in [0.5, 0.6) is 0 Å². The fourth-order valence-corrected chi connectivity index (χ4v) is 4.98. The van der Waals surface area contributed by atoms with Crippen LogP contribution in [0, 0.1) is 23.7 Å². The highest BCUT2D eigenvalue weighted by atomic mass is 16.5. The van der Waals surface area contributed by atoms with Crippen molar-refractivity contribution in [1.82, 2.24) is 0 Å². The Morgan fingerprint density at radius 2 is 1.60 bits per heavy atom. The van der Waals surface area contributed by atoms with Crippen LogP contribution in [0.1, 0.15) is 64.7 Å². The normalized spacial score (nSPS) is 40.4. The number of fused-ring (bicyclic) bond motifs is 2. The SMILES string of the molecule is C=C(C)C(=O)OC1CCCC2CC3CCCCC3CC21. The van der Waals surface area contributed by atoms with Crippen molar-refractivity contribution < 1.29 is 9.53 Å².